The Kier molecular flexibility index (Phi) is 4.28. The molecule has 2 rings (SSSR count). The summed E-state index contributed by atoms with van der Waals surface area (Å²) in [6, 6.07) is 5.14. The van der Waals surface area contributed by atoms with Crippen LogP contribution in [-0.2, 0) is 6.54 Å². The number of hydrogen-bond acceptors (Lipinski definition) is 5. The van der Waals surface area contributed by atoms with Gasteiger partial charge in [-0.1, -0.05) is 6.07 Å². The molecule has 1 heterocycles. The molecule has 7 heteroatoms. The Hall–Kier alpha value is -1.73. The highest BCUT2D eigenvalue weighted by molar-refractivity contribution is 5.85. The van der Waals surface area contributed by atoms with Crippen LogP contribution >= 0.6 is 0 Å². The number of anilines is 1. The fraction of sp³-hybridized carbons (Fsp3) is 0.417. The summed E-state index contributed by atoms with van der Waals surface area (Å²) in [4.78, 5) is 5.56. The molecule has 3 N–H and O–H groups in total. The first-order chi connectivity index (χ1) is 9.10. The Morgan fingerprint density at radius 3 is 2.84 bits per heavy atom. The molecular weight excluding hydrogens is 256 g/mol. The number of fused-ring (bicyclic) bond motifs is 1. The lowest BCUT2D eigenvalue weighted by Crippen LogP contribution is -2.31. The van der Waals surface area contributed by atoms with Crippen molar-refractivity contribution in [3.63, 3.8) is 0 Å². The molecule has 0 aliphatic heterocycles. The summed E-state index contributed by atoms with van der Waals surface area (Å²) in [5, 5.41) is 8.85. The van der Waals surface area contributed by atoms with Crippen LogP contribution in [0.3, 0.4) is 0 Å². The zero-order valence-electron chi connectivity index (χ0n) is 10.2. The van der Waals surface area contributed by atoms with Crippen LogP contribution in [-0.4, -0.2) is 41.1 Å². The number of alkyl halides is 2. The smallest absolute Gasteiger partial charge is 0.251 e. The zero-order valence-corrected chi connectivity index (χ0v) is 10.2. The van der Waals surface area contributed by atoms with E-state index in [1.54, 1.807) is 18.2 Å². The van der Waals surface area contributed by atoms with E-state index in [4.69, 9.17) is 15.3 Å². The summed E-state index contributed by atoms with van der Waals surface area (Å²) in [6.07, 6.45) is -2.47. The first-order valence-electron chi connectivity index (χ1n) is 5.85. The highest BCUT2D eigenvalue weighted by atomic mass is 19.3. The van der Waals surface area contributed by atoms with E-state index in [0.717, 1.165) is 0 Å². The van der Waals surface area contributed by atoms with E-state index in [2.05, 4.69) is 4.98 Å². The van der Waals surface area contributed by atoms with Gasteiger partial charge in [-0.25, -0.2) is 13.8 Å². The molecule has 0 fully saturated rings. The number of aromatic nitrogens is 1. The van der Waals surface area contributed by atoms with E-state index in [0.29, 0.717) is 22.7 Å². The molecule has 0 spiro atoms. The Bertz CT molecular complexity index is 545. The number of nitrogen functional groups attached to an aromatic ring is 1. The largest absolute Gasteiger partial charge is 0.439 e. The van der Waals surface area contributed by atoms with Gasteiger partial charge in [-0.15, -0.1) is 0 Å². The minimum Gasteiger partial charge on any atom is -0.439 e. The van der Waals surface area contributed by atoms with Crippen molar-refractivity contribution in [2.45, 2.75) is 13.0 Å². The van der Waals surface area contributed by atoms with Crippen LogP contribution in [0.5, 0.6) is 0 Å². The molecule has 1 aromatic carbocycles. The van der Waals surface area contributed by atoms with Gasteiger partial charge in [-0.2, -0.15) is 0 Å². The molecule has 0 unspecified atom stereocenters. The molecular formula is C12H15F2N3O2. The van der Waals surface area contributed by atoms with Gasteiger partial charge in [0, 0.05) is 6.54 Å². The van der Waals surface area contributed by atoms with Crippen LogP contribution < -0.4 is 5.73 Å². The summed E-state index contributed by atoms with van der Waals surface area (Å²) in [6.45, 7) is -0.387. The molecule has 104 valence electrons. The zero-order chi connectivity index (χ0) is 13.8. The molecule has 0 bridgehead atoms. The van der Waals surface area contributed by atoms with Crippen molar-refractivity contribution in [2.24, 2.45) is 0 Å². The van der Waals surface area contributed by atoms with Crippen LogP contribution in [0.2, 0.25) is 0 Å². The molecule has 0 radical (unpaired) electrons. The second kappa shape index (κ2) is 5.94. The summed E-state index contributed by atoms with van der Waals surface area (Å²) >= 11 is 0. The number of oxazole rings is 1. The van der Waals surface area contributed by atoms with Crippen molar-refractivity contribution in [1.82, 2.24) is 9.88 Å². The average molecular weight is 271 g/mol. The minimum absolute atomic E-state index is 0.110. The van der Waals surface area contributed by atoms with Gasteiger partial charge < -0.3 is 15.3 Å². The van der Waals surface area contributed by atoms with E-state index in [1.165, 1.54) is 4.90 Å². The molecule has 0 aliphatic carbocycles. The molecule has 19 heavy (non-hydrogen) atoms. The number of rotatable bonds is 6. The van der Waals surface area contributed by atoms with Gasteiger partial charge in [0.15, 0.2) is 5.58 Å². The number of nitrogens with zero attached hydrogens (tertiary/aromatic N) is 2. The number of aliphatic hydroxyl groups is 1. The second-order valence-corrected chi connectivity index (χ2v) is 4.15. The number of halogens is 2. The highest BCUT2D eigenvalue weighted by Crippen LogP contribution is 2.21. The lowest BCUT2D eigenvalue weighted by Gasteiger charge is -2.18. The minimum atomic E-state index is -2.47. The fourth-order valence-electron chi connectivity index (χ4n) is 1.85. The van der Waals surface area contributed by atoms with E-state index in [9.17, 15) is 8.78 Å². The van der Waals surface area contributed by atoms with Crippen LogP contribution in [0, 0.1) is 0 Å². The van der Waals surface area contributed by atoms with Crippen LogP contribution in [0.25, 0.3) is 11.1 Å². The van der Waals surface area contributed by atoms with Gasteiger partial charge >= 0.3 is 0 Å². The van der Waals surface area contributed by atoms with Gasteiger partial charge in [-0.3, -0.25) is 4.90 Å². The average Bonchev–Trinajstić information content (AvgIpc) is 2.72. The summed E-state index contributed by atoms with van der Waals surface area (Å²) in [7, 11) is 0. The van der Waals surface area contributed by atoms with Crippen molar-refractivity contribution in [3.05, 3.63) is 24.1 Å². The molecule has 0 saturated carbocycles. The second-order valence-electron chi connectivity index (χ2n) is 4.15. The third-order valence-electron chi connectivity index (χ3n) is 2.67. The van der Waals surface area contributed by atoms with Crippen LogP contribution in [0.1, 0.15) is 5.89 Å². The number of aliphatic hydroxyl groups excluding tert-OH is 1. The first kappa shape index (κ1) is 13.7. The third kappa shape index (κ3) is 3.39. The maximum atomic E-state index is 12.4. The van der Waals surface area contributed by atoms with Gasteiger partial charge in [-0.05, 0) is 12.1 Å². The number of benzene rings is 1. The van der Waals surface area contributed by atoms with Gasteiger partial charge in [0.25, 0.3) is 6.43 Å². The number of nitrogens with two attached hydrogens (primary N) is 1. The van der Waals surface area contributed by atoms with Crippen molar-refractivity contribution < 1.29 is 18.3 Å². The van der Waals surface area contributed by atoms with Crippen LogP contribution in [0.4, 0.5) is 14.5 Å². The molecule has 0 saturated heterocycles. The Morgan fingerprint density at radius 2 is 2.21 bits per heavy atom. The summed E-state index contributed by atoms with van der Waals surface area (Å²) in [5.74, 6) is 0.307. The quantitative estimate of drug-likeness (QED) is 0.778. The first-order valence-corrected chi connectivity index (χ1v) is 5.85. The number of hydrogen-bond donors (Lipinski definition) is 2. The lowest BCUT2D eigenvalue weighted by molar-refractivity contribution is 0.0706. The normalized spacial score (nSPS) is 11.8. The maximum Gasteiger partial charge on any atom is 0.251 e. The van der Waals surface area contributed by atoms with E-state index in [-0.39, 0.29) is 19.7 Å². The van der Waals surface area contributed by atoms with E-state index in [1.807, 2.05) is 0 Å². The van der Waals surface area contributed by atoms with Gasteiger partial charge in [0.05, 0.1) is 25.4 Å². The van der Waals surface area contributed by atoms with Gasteiger partial charge in [0.1, 0.15) is 5.52 Å². The summed E-state index contributed by atoms with van der Waals surface area (Å²) < 4.78 is 30.2. The maximum absolute atomic E-state index is 12.4. The summed E-state index contributed by atoms with van der Waals surface area (Å²) in [5.41, 5.74) is 7.28. The highest BCUT2D eigenvalue weighted by Gasteiger charge is 2.16. The number of para-hydroxylation sites is 1. The topological polar surface area (TPSA) is 75.5 Å². The third-order valence-corrected chi connectivity index (χ3v) is 2.67. The Labute approximate surface area is 108 Å². The monoisotopic (exact) mass is 271 g/mol. The molecule has 0 amide bonds. The molecule has 5 nitrogen and oxygen atoms in total. The molecule has 2 aromatic rings. The predicted octanol–water partition coefficient (Wildman–Crippen LogP) is 1.47. The van der Waals surface area contributed by atoms with Crippen molar-refractivity contribution in [1.29, 1.82) is 0 Å². The van der Waals surface area contributed by atoms with Crippen molar-refractivity contribution in [2.75, 3.05) is 25.4 Å². The van der Waals surface area contributed by atoms with E-state index < -0.39 is 13.0 Å². The molecule has 0 atom stereocenters. The van der Waals surface area contributed by atoms with Crippen molar-refractivity contribution in [3.8, 4) is 0 Å². The lowest BCUT2D eigenvalue weighted by atomic mass is 10.3. The van der Waals surface area contributed by atoms with Crippen LogP contribution in [0.15, 0.2) is 22.6 Å². The standard InChI is InChI=1S/C12H15F2N3O2/c13-10(14)6-17(4-5-18)7-11-16-12-8(15)2-1-3-9(12)19-11/h1-3,10,18H,4-7,15H2. The Morgan fingerprint density at radius 1 is 1.42 bits per heavy atom. The predicted molar refractivity (Wildman–Crippen MR) is 66.8 cm³/mol. The van der Waals surface area contributed by atoms with Crippen molar-refractivity contribution >= 4 is 16.8 Å². The fourth-order valence-corrected chi connectivity index (χ4v) is 1.85. The SMILES string of the molecule is Nc1cccc2oc(CN(CCO)CC(F)F)nc12. The van der Waals surface area contributed by atoms with Gasteiger partial charge in [0.2, 0.25) is 5.89 Å². The molecule has 1 aromatic heterocycles. The Balaban J connectivity index is 2.16. The van der Waals surface area contributed by atoms with E-state index >= 15 is 0 Å². The molecule has 0 aliphatic rings.